The van der Waals surface area contributed by atoms with Crippen LogP contribution in [0.4, 0.5) is 17.5 Å². The van der Waals surface area contributed by atoms with E-state index in [1.807, 2.05) is 31.4 Å². The minimum absolute atomic E-state index is 0.599. The molecule has 0 amide bonds. The van der Waals surface area contributed by atoms with Gasteiger partial charge >= 0.3 is 0 Å². The van der Waals surface area contributed by atoms with Gasteiger partial charge in [-0.2, -0.15) is 4.98 Å². The van der Waals surface area contributed by atoms with E-state index in [0.717, 1.165) is 35.7 Å². The fourth-order valence-corrected chi connectivity index (χ4v) is 3.80. The van der Waals surface area contributed by atoms with Gasteiger partial charge in [0.05, 0.1) is 7.11 Å². The zero-order valence-corrected chi connectivity index (χ0v) is 17.5. The molecule has 0 aliphatic rings. The van der Waals surface area contributed by atoms with E-state index in [-0.39, 0.29) is 0 Å². The molecule has 31 heavy (non-hydrogen) atoms. The average Bonchev–Trinajstić information content (AvgIpc) is 3.37. The lowest BCUT2D eigenvalue weighted by Crippen LogP contribution is -2.08. The molecule has 0 atom stereocenters. The van der Waals surface area contributed by atoms with Crippen molar-refractivity contribution in [3.8, 4) is 5.75 Å². The zero-order chi connectivity index (χ0) is 21.2. The maximum Gasteiger partial charge on any atom is 0.224 e. The Morgan fingerprint density at radius 2 is 2.03 bits per heavy atom. The van der Waals surface area contributed by atoms with Crippen molar-refractivity contribution in [3.05, 3.63) is 72.7 Å². The molecule has 2 aromatic carbocycles. The van der Waals surface area contributed by atoms with Gasteiger partial charge in [-0.1, -0.05) is 6.07 Å². The van der Waals surface area contributed by atoms with Crippen LogP contribution in [0.3, 0.4) is 0 Å². The van der Waals surface area contributed by atoms with Gasteiger partial charge in [0.25, 0.3) is 0 Å². The molecule has 5 aromatic rings. The molecule has 0 radical (unpaired) electrons. The van der Waals surface area contributed by atoms with E-state index >= 15 is 0 Å². The van der Waals surface area contributed by atoms with E-state index < -0.39 is 0 Å². The summed E-state index contributed by atoms with van der Waals surface area (Å²) in [6.45, 7) is 0.725. The van der Waals surface area contributed by atoms with Crippen molar-refractivity contribution in [2.75, 3.05) is 24.3 Å². The number of anilines is 3. The number of aromatic amines is 1. The number of rotatable bonds is 7. The number of hydrogen-bond donors (Lipinski definition) is 3. The smallest absolute Gasteiger partial charge is 0.224 e. The average molecular weight is 412 g/mol. The quantitative estimate of drug-likeness (QED) is 0.356. The second-order valence-electron chi connectivity index (χ2n) is 7.49. The molecular formula is C24H24N6O. The van der Waals surface area contributed by atoms with Crippen molar-refractivity contribution in [2.24, 2.45) is 7.05 Å². The van der Waals surface area contributed by atoms with Crippen LogP contribution < -0.4 is 15.4 Å². The summed E-state index contributed by atoms with van der Waals surface area (Å²) in [5, 5.41) is 9.09. The van der Waals surface area contributed by atoms with Gasteiger partial charge in [0.2, 0.25) is 5.95 Å². The van der Waals surface area contributed by atoms with Gasteiger partial charge in [-0.05, 0) is 59.8 Å². The number of benzene rings is 2. The number of hydrogen-bond acceptors (Lipinski definition) is 5. The Bertz CT molecular complexity index is 1350. The van der Waals surface area contributed by atoms with Crippen LogP contribution in [0.25, 0.3) is 21.8 Å². The summed E-state index contributed by atoms with van der Waals surface area (Å²) in [5.74, 6) is 2.21. The molecule has 7 heteroatoms. The first kappa shape index (κ1) is 19.0. The first-order chi connectivity index (χ1) is 15.2. The normalized spacial score (nSPS) is 11.2. The maximum atomic E-state index is 5.35. The van der Waals surface area contributed by atoms with Crippen molar-refractivity contribution in [3.63, 3.8) is 0 Å². The molecule has 0 saturated carbocycles. The Kier molecular flexibility index (Phi) is 4.92. The van der Waals surface area contributed by atoms with Crippen molar-refractivity contribution >= 4 is 39.3 Å². The van der Waals surface area contributed by atoms with Gasteiger partial charge in [-0.3, -0.25) is 0 Å². The SMILES string of the molecule is COc1ccc2[nH]cc(CCNc3nccc(Nc4ccc5ccn(C)c5c4)n3)c2c1. The van der Waals surface area contributed by atoms with Crippen LogP contribution in [0.1, 0.15) is 5.56 Å². The zero-order valence-electron chi connectivity index (χ0n) is 17.5. The van der Waals surface area contributed by atoms with Crippen LogP contribution in [0.5, 0.6) is 5.75 Å². The summed E-state index contributed by atoms with van der Waals surface area (Å²) >= 11 is 0. The molecule has 3 aromatic heterocycles. The molecule has 0 saturated heterocycles. The molecule has 0 fully saturated rings. The molecule has 5 rings (SSSR count). The van der Waals surface area contributed by atoms with E-state index in [1.165, 1.54) is 21.9 Å². The fourth-order valence-electron chi connectivity index (χ4n) is 3.80. The highest BCUT2D eigenvalue weighted by atomic mass is 16.5. The third-order valence-corrected chi connectivity index (χ3v) is 5.47. The summed E-state index contributed by atoms with van der Waals surface area (Å²) in [6, 6.07) is 16.3. The van der Waals surface area contributed by atoms with Crippen molar-refractivity contribution in [1.29, 1.82) is 0 Å². The number of H-pyrrole nitrogens is 1. The molecular weight excluding hydrogens is 388 g/mol. The van der Waals surface area contributed by atoms with Gasteiger partial charge in [0.1, 0.15) is 11.6 Å². The number of fused-ring (bicyclic) bond motifs is 2. The van der Waals surface area contributed by atoms with Gasteiger partial charge < -0.3 is 24.9 Å². The van der Waals surface area contributed by atoms with E-state index in [0.29, 0.717) is 5.95 Å². The van der Waals surface area contributed by atoms with E-state index in [9.17, 15) is 0 Å². The highest BCUT2D eigenvalue weighted by molar-refractivity contribution is 5.85. The Morgan fingerprint density at radius 3 is 2.94 bits per heavy atom. The molecule has 0 aliphatic heterocycles. The number of aryl methyl sites for hydroxylation is 1. The van der Waals surface area contributed by atoms with Crippen LogP contribution in [0.15, 0.2) is 67.1 Å². The first-order valence-corrected chi connectivity index (χ1v) is 10.2. The van der Waals surface area contributed by atoms with Crippen molar-refractivity contribution in [1.82, 2.24) is 19.5 Å². The van der Waals surface area contributed by atoms with Gasteiger partial charge in [0, 0.05) is 54.3 Å². The van der Waals surface area contributed by atoms with E-state index in [2.05, 4.69) is 66.7 Å². The minimum Gasteiger partial charge on any atom is -0.497 e. The van der Waals surface area contributed by atoms with Gasteiger partial charge in [0.15, 0.2) is 0 Å². The maximum absolute atomic E-state index is 5.35. The first-order valence-electron chi connectivity index (χ1n) is 10.2. The number of nitrogens with one attached hydrogen (secondary N) is 3. The Balaban J connectivity index is 1.25. The number of aromatic nitrogens is 4. The monoisotopic (exact) mass is 412 g/mol. The second kappa shape index (κ2) is 8.02. The fraction of sp³-hybridized carbons (Fsp3) is 0.167. The third-order valence-electron chi connectivity index (χ3n) is 5.47. The Morgan fingerprint density at radius 1 is 1.10 bits per heavy atom. The van der Waals surface area contributed by atoms with Gasteiger partial charge in [-0.25, -0.2) is 4.98 Å². The Labute approximate surface area is 180 Å². The Hall–Kier alpha value is -4.00. The summed E-state index contributed by atoms with van der Waals surface area (Å²) in [6.07, 6.45) is 6.71. The predicted molar refractivity (Wildman–Crippen MR) is 125 cm³/mol. The van der Waals surface area contributed by atoms with E-state index in [1.54, 1.807) is 13.3 Å². The van der Waals surface area contributed by atoms with Crippen molar-refractivity contribution in [2.45, 2.75) is 6.42 Å². The van der Waals surface area contributed by atoms with Crippen LogP contribution in [0, 0.1) is 0 Å². The lowest BCUT2D eigenvalue weighted by molar-refractivity contribution is 0.415. The summed E-state index contributed by atoms with van der Waals surface area (Å²) in [4.78, 5) is 12.3. The number of methoxy groups -OCH3 is 1. The van der Waals surface area contributed by atoms with Gasteiger partial charge in [-0.15, -0.1) is 0 Å². The molecule has 0 unspecified atom stereocenters. The minimum atomic E-state index is 0.599. The summed E-state index contributed by atoms with van der Waals surface area (Å²) < 4.78 is 7.46. The van der Waals surface area contributed by atoms with Crippen LogP contribution in [-0.4, -0.2) is 33.2 Å². The van der Waals surface area contributed by atoms with Crippen LogP contribution in [-0.2, 0) is 13.5 Å². The second-order valence-corrected chi connectivity index (χ2v) is 7.49. The number of ether oxygens (including phenoxy) is 1. The molecule has 3 heterocycles. The molecule has 0 bridgehead atoms. The standard InChI is InChI=1S/C24H24N6O/c1-30-12-9-16-3-4-18(13-22(16)30)28-23-8-11-26-24(29-23)25-10-7-17-15-27-21-6-5-19(31-2)14-20(17)21/h3-6,8-9,11-15,27H,7,10H2,1-2H3,(H2,25,26,28,29). The lowest BCUT2D eigenvalue weighted by atomic mass is 10.1. The molecule has 3 N–H and O–H groups in total. The lowest BCUT2D eigenvalue weighted by Gasteiger charge is -2.09. The van der Waals surface area contributed by atoms with Crippen molar-refractivity contribution < 1.29 is 4.74 Å². The third kappa shape index (κ3) is 3.90. The largest absolute Gasteiger partial charge is 0.497 e. The predicted octanol–water partition coefficient (Wildman–Crippen LogP) is 4.86. The molecule has 0 aliphatic carbocycles. The molecule has 156 valence electrons. The number of nitrogens with zero attached hydrogens (tertiary/aromatic N) is 3. The highest BCUT2D eigenvalue weighted by Crippen LogP contribution is 2.24. The highest BCUT2D eigenvalue weighted by Gasteiger charge is 2.06. The molecule has 7 nitrogen and oxygen atoms in total. The van der Waals surface area contributed by atoms with E-state index in [4.69, 9.17) is 4.74 Å². The topological polar surface area (TPSA) is 79.8 Å². The van der Waals surface area contributed by atoms with Crippen LogP contribution in [0.2, 0.25) is 0 Å². The van der Waals surface area contributed by atoms with Crippen LogP contribution >= 0.6 is 0 Å². The summed E-state index contributed by atoms with van der Waals surface area (Å²) in [5.41, 5.74) is 4.50. The molecule has 0 spiro atoms. The summed E-state index contributed by atoms with van der Waals surface area (Å²) in [7, 11) is 3.73.